The smallest absolute Gasteiger partial charge is 0.229 e. The van der Waals surface area contributed by atoms with Crippen LogP contribution in [0.15, 0.2) is 12.3 Å². The van der Waals surface area contributed by atoms with Gasteiger partial charge >= 0.3 is 0 Å². The number of fused-ring (bicyclic) bond motifs is 3. The number of hydrogen-bond acceptors (Lipinski definition) is 5. The molecule has 2 atom stereocenters. The zero-order valence-electron chi connectivity index (χ0n) is 17.7. The van der Waals surface area contributed by atoms with Gasteiger partial charge in [-0.15, -0.1) is 0 Å². The lowest BCUT2D eigenvalue weighted by Gasteiger charge is -2.46. The van der Waals surface area contributed by atoms with Gasteiger partial charge in [-0.3, -0.25) is 4.79 Å². The molecule has 2 saturated heterocycles. The van der Waals surface area contributed by atoms with Crippen LogP contribution in [0.2, 0.25) is 0 Å². The Morgan fingerprint density at radius 2 is 1.87 bits per heavy atom. The van der Waals surface area contributed by atoms with E-state index in [1.54, 1.807) is 0 Å². The van der Waals surface area contributed by atoms with E-state index in [2.05, 4.69) is 20.2 Å². The Morgan fingerprint density at radius 3 is 2.77 bits per heavy atom. The van der Waals surface area contributed by atoms with Crippen LogP contribution in [0.25, 0.3) is 5.65 Å². The van der Waals surface area contributed by atoms with Crippen LogP contribution in [0.1, 0.15) is 43.4 Å². The van der Waals surface area contributed by atoms with E-state index < -0.39 is 0 Å². The van der Waals surface area contributed by atoms with Crippen LogP contribution in [0.3, 0.4) is 0 Å². The Morgan fingerprint density at radius 1 is 1.03 bits per heavy atom. The highest BCUT2D eigenvalue weighted by atomic mass is 16.2. The van der Waals surface area contributed by atoms with Crippen molar-refractivity contribution in [2.75, 3.05) is 44.2 Å². The van der Waals surface area contributed by atoms with Crippen molar-refractivity contribution in [3.05, 3.63) is 23.5 Å². The first-order valence-corrected chi connectivity index (χ1v) is 11.9. The molecular formula is C23H32N6O. The van der Waals surface area contributed by atoms with E-state index >= 15 is 0 Å². The summed E-state index contributed by atoms with van der Waals surface area (Å²) in [5.74, 6) is 3.30. The van der Waals surface area contributed by atoms with E-state index in [0.717, 1.165) is 69.6 Å². The van der Waals surface area contributed by atoms with Crippen LogP contribution in [-0.2, 0) is 17.6 Å². The third-order valence-electron chi connectivity index (χ3n) is 7.91. The van der Waals surface area contributed by atoms with E-state index in [1.807, 2.05) is 16.8 Å². The highest BCUT2D eigenvalue weighted by Gasteiger charge is 2.41. The van der Waals surface area contributed by atoms with Gasteiger partial charge < -0.3 is 15.1 Å². The maximum Gasteiger partial charge on any atom is 0.229 e. The number of amides is 1. The highest BCUT2D eigenvalue weighted by Crippen LogP contribution is 2.37. The number of likely N-dealkylation sites (tertiary alicyclic amines) is 1. The predicted molar refractivity (Wildman–Crippen MR) is 116 cm³/mol. The van der Waals surface area contributed by atoms with Crippen molar-refractivity contribution in [3.63, 3.8) is 0 Å². The summed E-state index contributed by atoms with van der Waals surface area (Å²) in [6, 6.07) is 1.98. The molecular weight excluding hydrogens is 376 g/mol. The zero-order chi connectivity index (χ0) is 20.1. The first-order chi connectivity index (χ1) is 14.8. The van der Waals surface area contributed by atoms with Gasteiger partial charge in [0.15, 0.2) is 5.65 Å². The van der Waals surface area contributed by atoms with Gasteiger partial charge in [-0.25, -0.2) is 4.98 Å². The molecule has 1 N–H and O–H groups in total. The van der Waals surface area contributed by atoms with Gasteiger partial charge in [-0.05, 0) is 37.6 Å². The summed E-state index contributed by atoms with van der Waals surface area (Å²) < 4.78 is 1.98. The van der Waals surface area contributed by atoms with E-state index in [-0.39, 0.29) is 5.92 Å². The lowest BCUT2D eigenvalue weighted by atomic mass is 9.75. The maximum atomic E-state index is 13.2. The Hall–Kier alpha value is -2.15. The molecule has 7 nitrogen and oxygen atoms in total. The Bertz CT molecular complexity index is 949. The second-order valence-corrected chi connectivity index (χ2v) is 9.69. The number of anilines is 1. The fraction of sp³-hybridized carbons (Fsp3) is 0.696. The van der Waals surface area contributed by atoms with Crippen LogP contribution >= 0.6 is 0 Å². The Labute approximate surface area is 177 Å². The summed E-state index contributed by atoms with van der Waals surface area (Å²) in [4.78, 5) is 22.7. The molecule has 0 bridgehead atoms. The molecule has 3 aliphatic heterocycles. The topological polar surface area (TPSA) is 65.8 Å². The largest absolute Gasteiger partial charge is 0.354 e. The minimum atomic E-state index is 0.128. The monoisotopic (exact) mass is 408 g/mol. The van der Waals surface area contributed by atoms with Crippen molar-refractivity contribution in [2.45, 2.75) is 44.9 Å². The van der Waals surface area contributed by atoms with Crippen LogP contribution in [-0.4, -0.2) is 64.7 Å². The molecule has 1 saturated carbocycles. The van der Waals surface area contributed by atoms with Crippen molar-refractivity contribution < 1.29 is 4.79 Å². The number of carbonyl (C=O) groups is 1. The maximum absolute atomic E-state index is 13.2. The van der Waals surface area contributed by atoms with Gasteiger partial charge in [-0.2, -0.15) is 9.61 Å². The summed E-state index contributed by atoms with van der Waals surface area (Å²) in [5, 5.41) is 8.05. The van der Waals surface area contributed by atoms with Crippen LogP contribution < -0.4 is 10.2 Å². The van der Waals surface area contributed by atoms with Gasteiger partial charge in [0.1, 0.15) is 5.82 Å². The molecule has 2 aromatic heterocycles. The van der Waals surface area contributed by atoms with E-state index in [4.69, 9.17) is 4.98 Å². The second-order valence-electron chi connectivity index (χ2n) is 9.69. The zero-order valence-corrected chi connectivity index (χ0v) is 17.7. The summed E-state index contributed by atoms with van der Waals surface area (Å²) in [5.41, 5.74) is 3.42. The van der Waals surface area contributed by atoms with Crippen molar-refractivity contribution in [2.24, 2.45) is 17.8 Å². The molecule has 6 rings (SSSR count). The molecule has 4 aliphatic rings. The third kappa shape index (κ3) is 3.09. The minimum absolute atomic E-state index is 0.128. The first kappa shape index (κ1) is 18.6. The molecule has 1 aliphatic carbocycles. The van der Waals surface area contributed by atoms with Crippen molar-refractivity contribution in [3.8, 4) is 0 Å². The number of hydrogen-bond donors (Lipinski definition) is 1. The summed E-state index contributed by atoms with van der Waals surface area (Å²) in [7, 11) is 0. The number of rotatable bonds is 2. The Balaban J connectivity index is 1.19. The van der Waals surface area contributed by atoms with Crippen LogP contribution in [0, 0.1) is 17.8 Å². The molecule has 160 valence electrons. The number of nitrogens with zero attached hydrogens (tertiary/aromatic N) is 5. The quantitative estimate of drug-likeness (QED) is 0.822. The molecule has 0 spiro atoms. The van der Waals surface area contributed by atoms with Gasteiger partial charge in [0.25, 0.3) is 0 Å². The molecule has 2 aromatic rings. The summed E-state index contributed by atoms with van der Waals surface area (Å²) in [6.07, 6.45) is 10.4. The predicted octanol–water partition coefficient (Wildman–Crippen LogP) is 1.89. The fourth-order valence-corrected chi connectivity index (χ4v) is 6.21. The molecule has 30 heavy (non-hydrogen) atoms. The summed E-state index contributed by atoms with van der Waals surface area (Å²) >= 11 is 0. The number of aromatic nitrogens is 3. The molecule has 7 heteroatoms. The lowest BCUT2D eigenvalue weighted by molar-refractivity contribution is -0.139. The molecule has 0 radical (unpaired) electrons. The first-order valence-electron chi connectivity index (χ1n) is 11.9. The van der Waals surface area contributed by atoms with Gasteiger partial charge in [0, 0.05) is 50.8 Å². The SMILES string of the molecule is O=C(C1CN(c2c3c(nc4ccnn24)CCNCC3)C1)N1CC[C@H]2CCCC[C@@H]2C1. The molecule has 3 fully saturated rings. The van der Waals surface area contributed by atoms with Crippen molar-refractivity contribution in [1.29, 1.82) is 0 Å². The van der Waals surface area contributed by atoms with Crippen molar-refractivity contribution >= 4 is 17.4 Å². The fourth-order valence-electron chi connectivity index (χ4n) is 6.21. The van der Waals surface area contributed by atoms with Gasteiger partial charge in [0.2, 0.25) is 5.91 Å². The number of carbonyl (C=O) groups excluding carboxylic acids is 1. The normalized spacial score (nSPS) is 27.3. The molecule has 5 heterocycles. The van der Waals surface area contributed by atoms with Crippen LogP contribution in [0.4, 0.5) is 5.82 Å². The Kier molecular flexibility index (Phi) is 4.66. The average molecular weight is 409 g/mol. The average Bonchev–Trinajstić information content (AvgIpc) is 3.08. The van der Waals surface area contributed by atoms with E-state index in [0.29, 0.717) is 5.91 Å². The summed E-state index contributed by atoms with van der Waals surface area (Å²) in [6.45, 7) is 5.53. The molecule has 0 aromatic carbocycles. The molecule has 0 unspecified atom stereocenters. The standard InChI is InChI=1S/C23H32N6O/c30-23(27-12-8-16-3-1-2-4-17(16)13-27)18-14-28(15-18)22-19-5-9-24-10-6-20(19)26-21-7-11-25-29(21)22/h7,11,16-18,24H,1-6,8-10,12-15H2/t16-,17-/m1/s1. The van der Waals surface area contributed by atoms with Crippen molar-refractivity contribution in [1.82, 2.24) is 24.8 Å². The van der Waals surface area contributed by atoms with E-state index in [1.165, 1.54) is 49.2 Å². The van der Waals surface area contributed by atoms with Gasteiger partial charge in [-0.1, -0.05) is 19.3 Å². The van der Waals surface area contributed by atoms with Gasteiger partial charge in [0.05, 0.1) is 17.8 Å². The van der Waals surface area contributed by atoms with E-state index in [9.17, 15) is 4.79 Å². The minimum Gasteiger partial charge on any atom is -0.354 e. The lowest BCUT2D eigenvalue weighted by Crippen LogP contribution is -2.57. The second kappa shape index (κ2) is 7.52. The highest BCUT2D eigenvalue weighted by molar-refractivity contribution is 5.82. The molecule has 1 amide bonds. The number of nitrogens with one attached hydrogen (secondary N) is 1. The van der Waals surface area contributed by atoms with Crippen LogP contribution in [0.5, 0.6) is 0 Å². The number of piperidine rings is 1. The third-order valence-corrected chi connectivity index (χ3v) is 7.91.